The fourth-order valence-corrected chi connectivity index (χ4v) is 2.03. The lowest BCUT2D eigenvalue weighted by Gasteiger charge is -2.29. The van der Waals surface area contributed by atoms with Gasteiger partial charge >= 0.3 is 0 Å². The lowest BCUT2D eigenvalue weighted by molar-refractivity contribution is 0.0915. The summed E-state index contributed by atoms with van der Waals surface area (Å²) in [6.07, 6.45) is 0. The van der Waals surface area contributed by atoms with Gasteiger partial charge in [-0.2, -0.15) is 0 Å². The van der Waals surface area contributed by atoms with Crippen LogP contribution in [0.5, 0.6) is 0 Å². The number of rotatable bonds is 3. The van der Waals surface area contributed by atoms with E-state index in [1.165, 1.54) is 12.1 Å². The number of hydrogen-bond acceptors (Lipinski definition) is 1. The van der Waals surface area contributed by atoms with Crippen molar-refractivity contribution >= 4 is 32.6 Å². The first-order valence-corrected chi connectivity index (χ1v) is 7.38. The van der Waals surface area contributed by atoms with E-state index in [4.69, 9.17) is 0 Å². The predicted octanol–water partition coefficient (Wildman–Crippen LogP) is 4.27. The number of carbonyl (C=O) groups is 1. The van der Waals surface area contributed by atoms with Gasteiger partial charge in [-0.1, -0.05) is 47.1 Å². The van der Waals surface area contributed by atoms with Crippen LogP contribution in [0, 0.1) is 5.82 Å². The lowest BCUT2D eigenvalue weighted by atomic mass is 9.99. The van der Waals surface area contributed by atoms with E-state index in [0.717, 1.165) is 0 Å². The summed E-state index contributed by atoms with van der Waals surface area (Å²) in [5.41, 5.74) is 0.0928. The highest BCUT2D eigenvalue weighted by Crippen LogP contribution is 2.23. The molecule has 2 aromatic rings. The summed E-state index contributed by atoms with van der Waals surface area (Å²) in [5, 5.41) is 4.07. The van der Waals surface area contributed by atoms with E-state index < -0.39 is 5.54 Å². The van der Waals surface area contributed by atoms with Crippen LogP contribution < -0.4 is 5.32 Å². The molecule has 2 aromatic carbocycles. The van der Waals surface area contributed by atoms with Crippen LogP contribution in [-0.4, -0.2) is 16.3 Å². The third-order valence-electron chi connectivity index (χ3n) is 3.55. The van der Waals surface area contributed by atoms with E-state index in [-0.39, 0.29) is 16.6 Å². The number of halogens is 2. The van der Waals surface area contributed by atoms with Crippen molar-refractivity contribution in [3.63, 3.8) is 0 Å². The van der Waals surface area contributed by atoms with E-state index in [1.54, 1.807) is 24.3 Å². The molecule has 0 aliphatic rings. The molecule has 0 heterocycles. The summed E-state index contributed by atoms with van der Waals surface area (Å²) in [4.78, 5) is 12.6. The fourth-order valence-electron chi connectivity index (χ4n) is 1.92. The van der Waals surface area contributed by atoms with Gasteiger partial charge in [-0.05, 0) is 31.4 Å². The van der Waals surface area contributed by atoms with Gasteiger partial charge in [0.15, 0.2) is 0 Å². The smallest absolute Gasteiger partial charge is 0.252 e. The highest BCUT2D eigenvalue weighted by atomic mass is 79.9. The average molecular weight is 338 g/mol. The highest BCUT2D eigenvalue weighted by molar-refractivity contribution is 9.09. The van der Waals surface area contributed by atoms with Gasteiger partial charge in [0.2, 0.25) is 0 Å². The first kappa shape index (κ1) is 15.0. The average Bonchev–Trinajstić information content (AvgIpc) is 2.38. The van der Waals surface area contributed by atoms with Crippen LogP contribution in [0.2, 0.25) is 0 Å². The Hall–Kier alpha value is -1.42. The Morgan fingerprint density at radius 2 is 1.80 bits per heavy atom. The molecule has 0 aliphatic carbocycles. The molecular weight excluding hydrogens is 321 g/mol. The molecule has 0 bridgehead atoms. The van der Waals surface area contributed by atoms with Crippen molar-refractivity contribution in [2.24, 2.45) is 0 Å². The number of amides is 1. The van der Waals surface area contributed by atoms with Gasteiger partial charge in [0, 0.05) is 21.3 Å². The van der Waals surface area contributed by atoms with E-state index in [1.807, 2.05) is 20.8 Å². The molecule has 106 valence electrons. The SMILES string of the molecule is CC(Br)C(C)(C)NC(=O)c1ccc(F)c2ccccc12. The molecule has 0 spiro atoms. The van der Waals surface area contributed by atoms with Crippen LogP contribution in [0.4, 0.5) is 4.39 Å². The molecule has 0 radical (unpaired) electrons. The molecular formula is C16H17BrFNO. The van der Waals surface area contributed by atoms with Crippen LogP contribution in [0.25, 0.3) is 10.8 Å². The first-order valence-electron chi connectivity index (χ1n) is 6.47. The van der Waals surface area contributed by atoms with E-state index in [2.05, 4.69) is 21.2 Å². The number of alkyl halides is 1. The van der Waals surface area contributed by atoms with Gasteiger partial charge in [-0.15, -0.1) is 0 Å². The zero-order chi connectivity index (χ0) is 14.9. The first-order chi connectivity index (χ1) is 9.33. The van der Waals surface area contributed by atoms with Crippen LogP contribution in [0.15, 0.2) is 36.4 Å². The molecule has 0 saturated heterocycles. The molecule has 4 heteroatoms. The summed E-state index contributed by atoms with van der Waals surface area (Å²) >= 11 is 3.48. The second kappa shape index (κ2) is 5.52. The van der Waals surface area contributed by atoms with Gasteiger partial charge in [0.25, 0.3) is 5.91 Å². The Labute approximate surface area is 126 Å². The van der Waals surface area contributed by atoms with Gasteiger partial charge in [0.05, 0.1) is 0 Å². The molecule has 1 N–H and O–H groups in total. The summed E-state index contributed by atoms with van der Waals surface area (Å²) in [6.45, 7) is 5.86. The van der Waals surface area contributed by atoms with Crippen molar-refractivity contribution in [2.75, 3.05) is 0 Å². The Morgan fingerprint density at radius 1 is 1.20 bits per heavy atom. The maximum Gasteiger partial charge on any atom is 0.252 e. The van der Waals surface area contributed by atoms with Gasteiger partial charge in [-0.3, -0.25) is 4.79 Å². The van der Waals surface area contributed by atoms with Crippen LogP contribution in [0.3, 0.4) is 0 Å². The monoisotopic (exact) mass is 337 g/mol. The predicted molar refractivity (Wildman–Crippen MR) is 83.8 cm³/mol. The summed E-state index contributed by atoms with van der Waals surface area (Å²) < 4.78 is 13.8. The molecule has 0 saturated carbocycles. The second-order valence-electron chi connectivity index (χ2n) is 5.43. The number of benzene rings is 2. The Morgan fingerprint density at radius 3 is 2.40 bits per heavy atom. The number of fused-ring (bicyclic) bond motifs is 1. The molecule has 1 amide bonds. The number of nitrogens with one attached hydrogen (secondary N) is 1. The lowest BCUT2D eigenvalue weighted by Crippen LogP contribution is -2.48. The largest absolute Gasteiger partial charge is 0.346 e. The maximum atomic E-state index is 13.8. The van der Waals surface area contributed by atoms with Crippen molar-refractivity contribution in [1.82, 2.24) is 5.32 Å². The third kappa shape index (κ3) is 2.85. The number of hydrogen-bond donors (Lipinski definition) is 1. The van der Waals surface area contributed by atoms with E-state index >= 15 is 0 Å². The molecule has 2 nitrogen and oxygen atoms in total. The molecule has 0 aliphatic heterocycles. The quantitative estimate of drug-likeness (QED) is 0.832. The van der Waals surface area contributed by atoms with E-state index in [0.29, 0.717) is 16.3 Å². The normalized spacial score (nSPS) is 13.2. The minimum absolute atomic E-state index is 0.116. The van der Waals surface area contributed by atoms with E-state index in [9.17, 15) is 9.18 Å². The Bertz CT molecular complexity index is 652. The zero-order valence-electron chi connectivity index (χ0n) is 11.7. The Balaban J connectivity index is 2.44. The van der Waals surface area contributed by atoms with Gasteiger partial charge in [-0.25, -0.2) is 4.39 Å². The molecule has 1 unspecified atom stereocenters. The van der Waals surface area contributed by atoms with Crippen LogP contribution in [-0.2, 0) is 0 Å². The van der Waals surface area contributed by atoms with Crippen molar-refractivity contribution in [2.45, 2.75) is 31.1 Å². The highest BCUT2D eigenvalue weighted by Gasteiger charge is 2.26. The van der Waals surface area contributed by atoms with Crippen LogP contribution >= 0.6 is 15.9 Å². The van der Waals surface area contributed by atoms with Gasteiger partial charge < -0.3 is 5.32 Å². The summed E-state index contributed by atoms with van der Waals surface area (Å²) in [6, 6.07) is 9.87. The molecule has 1 atom stereocenters. The summed E-state index contributed by atoms with van der Waals surface area (Å²) in [7, 11) is 0. The Kier molecular flexibility index (Phi) is 4.14. The minimum atomic E-state index is -0.396. The standard InChI is InChI=1S/C16H17BrFNO/c1-10(17)16(2,3)19-15(20)13-8-9-14(18)12-7-5-4-6-11(12)13/h4-10H,1-3H3,(H,19,20). The van der Waals surface area contributed by atoms with Gasteiger partial charge in [0.1, 0.15) is 5.82 Å². The third-order valence-corrected chi connectivity index (χ3v) is 4.69. The van der Waals surface area contributed by atoms with Crippen LogP contribution in [0.1, 0.15) is 31.1 Å². The van der Waals surface area contributed by atoms with Crippen molar-refractivity contribution in [3.8, 4) is 0 Å². The minimum Gasteiger partial charge on any atom is -0.346 e. The maximum absolute atomic E-state index is 13.8. The molecule has 2 rings (SSSR count). The van der Waals surface area contributed by atoms with Crippen molar-refractivity contribution in [3.05, 3.63) is 47.8 Å². The fraction of sp³-hybridized carbons (Fsp3) is 0.312. The summed E-state index contributed by atoms with van der Waals surface area (Å²) in [5.74, 6) is -0.511. The molecule has 0 fully saturated rings. The molecule has 20 heavy (non-hydrogen) atoms. The molecule has 0 aromatic heterocycles. The zero-order valence-corrected chi connectivity index (χ0v) is 13.3. The topological polar surface area (TPSA) is 29.1 Å². The van der Waals surface area contributed by atoms with Crippen molar-refractivity contribution < 1.29 is 9.18 Å². The van der Waals surface area contributed by atoms with Crippen molar-refractivity contribution in [1.29, 1.82) is 0 Å². The second-order valence-corrected chi connectivity index (χ2v) is 6.81. The number of carbonyl (C=O) groups excluding carboxylic acids is 1.